The van der Waals surface area contributed by atoms with Crippen LogP contribution in [0.4, 0.5) is 0 Å². The third kappa shape index (κ3) is 0.721. The third-order valence-electron chi connectivity index (χ3n) is 2.12. The standard InChI is InChI=1S/C6H9NO2/c7-6(8)3-1-4-5(2-3)9-4/h3-5H,1-2H2,(H2,7,8). The Kier molecular flexibility index (Phi) is 0.858. The van der Waals surface area contributed by atoms with Crippen molar-refractivity contribution in [1.82, 2.24) is 0 Å². The molecule has 1 aliphatic carbocycles. The van der Waals surface area contributed by atoms with Gasteiger partial charge in [-0.3, -0.25) is 4.79 Å². The summed E-state index contributed by atoms with van der Waals surface area (Å²) in [5.74, 6) is -0.0560. The molecule has 2 unspecified atom stereocenters. The molecule has 0 bridgehead atoms. The molecule has 1 saturated carbocycles. The van der Waals surface area contributed by atoms with Crippen LogP contribution in [0.5, 0.6) is 0 Å². The van der Waals surface area contributed by atoms with Gasteiger partial charge in [-0.2, -0.15) is 0 Å². The minimum atomic E-state index is -0.161. The van der Waals surface area contributed by atoms with Gasteiger partial charge in [0.25, 0.3) is 0 Å². The predicted octanol–water partition coefficient (Wildman–Crippen LogP) is -0.351. The van der Waals surface area contributed by atoms with Crippen molar-refractivity contribution >= 4 is 5.91 Å². The van der Waals surface area contributed by atoms with E-state index in [1.807, 2.05) is 0 Å². The first-order chi connectivity index (χ1) is 4.27. The maximum Gasteiger partial charge on any atom is 0.220 e. The van der Waals surface area contributed by atoms with E-state index in [4.69, 9.17) is 10.5 Å². The highest BCUT2D eigenvalue weighted by Crippen LogP contribution is 2.41. The number of primary amides is 1. The molecule has 2 aliphatic rings. The maximum absolute atomic E-state index is 10.5. The Labute approximate surface area is 53.2 Å². The van der Waals surface area contributed by atoms with Gasteiger partial charge in [0.1, 0.15) is 0 Å². The molecule has 0 aromatic rings. The quantitative estimate of drug-likeness (QED) is 0.489. The number of amides is 1. The summed E-state index contributed by atoms with van der Waals surface area (Å²) in [6, 6.07) is 0. The topological polar surface area (TPSA) is 55.6 Å². The van der Waals surface area contributed by atoms with Crippen LogP contribution in [0, 0.1) is 5.92 Å². The van der Waals surface area contributed by atoms with Crippen molar-refractivity contribution in [3.63, 3.8) is 0 Å². The first-order valence-electron chi connectivity index (χ1n) is 3.22. The summed E-state index contributed by atoms with van der Waals surface area (Å²) in [6.07, 6.45) is 2.48. The predicted molar refractivity (Wildman–Crippen MR) is 30.6 cm³/mol. The van der Waals surface area contributed by atoms with Gasteiger partial charge < -0.3 is 10.5 Å². The van der Waals surface area contributed by atoms with Crippen molar-refractivity contribution in [2.75, 3.05) is 0 Å². The average molecular weight is 127 g/mol. The van der Waals surface area contributed by atoms with Gasteiger partial charge in [-0.1, -0.05) is 0 Å². The lowest BCUT2D eigenvalue weighted by Crippen LogP contribution is -2.22. The number of ether oxygens (including phenoxy) is 1. The van der Waals surface area contributed by atoms with Gasteiger partial charge in [0.05, 0.1) is 12.2 Å². The average Bonchev–Trinajstić information content (AvgIpc) is 2.40. The fraction of sp³-hybridized carbons (Fsp3) is 0.833. The largest absolute Gasteiger partial charge is 0.370 e. The van der Waals surface area contributed by atoms with E-state index in [0.717, 1.165) is 12.8 Å². The molecule has 0 aromatic carbocycles. The second-order valence-electron chi connectivity index (χ2n) is 2.78. The maximum atomic E-state index is 10.5. The molecular weight excluding hydrogens is 118 g/mol. The van der Waals surface area contributed by atoms with Crippen LogP contribution in [0.1, 0.15) is 12.8 Å². The first kappa shape index (κ1) is 5.23. The van der Waals surface area contributed by atoms with Crippen molar-refractivity contribution in [2.24, 2.45) is 11.7 Å². The van der Waals surface area contributed by atoms with Gasteiger partial charge in [0.2, 0.25) is 5.91 Å². The van der Waals surface area contributed by atoms with Crippen LogP contribution in [0.15, 0.2) is 0 Å². The second-order valence-corrected chi connectivity index (χ2v) is 2.78. The summed E-state index contributed by atoms with van der Waals surface area (Å²) < 4.78 is 5.13. The summed E-state index contributed by atoms with van der Waals surface area (Å²) in [4.78, 5) is 10.5. The van der Waals surface area contributed by atoms with Crippen LogP contribution in [0.2, 0.25) is 0 Å². The zero-order chi connectivity index (χ0) is 6.43. The Hall–Kier alpha value is -0.570. The highest BCUT2D eigenvalue weighted by molar-refractivity contribution is 5.77. The minimum absolute atomic E-state index is 0.105. The number of carbonyl (C=O) groups excluding carboxylic acids is 1. The van der Waals surface area contributed by atoms with Crippen LogP contribution in [0.3, 0.4) is 0 Å². The Morgan fingerprint density at radius 3 is 2.33 bits per heavy atom. The second kappa shape index (κ2) is 1.48. The fourth-order valence-electron chi connectivity index (χ4n) is 1.48. The van der Waals surface area contributed by atoms with Gasteiger partial charge in [-0.05, 0) is 12.8 Å². The highest BCUT2D eigenvalue weighted by Gasteiger charge is 2.49. The van der Waals surface area contributed by atoms with E-state index in [-0.39, 0.29) is 11.8 Å². The number of rotatable bonds is 1. The van der Waals surface area contributed by atoms with Gasteiger partial charge >= 0.3 is 0 Å². The Balaban J connectivity index is 1.97. The fourth-order valence-corrected chi connectivity index (χ4v) is 1.48. The molecule has 2 N–H and O–H groups in total. The summed E-state index contributed by atoms with van der Waals surface area (Å²) in [7, 11) is 0. The molecule has 1 saturated heterocycles. The number of nitrogens with two attached hydrogens (primary N) is 1. The smallest absolute Gasteiger partial charge is 0.220 e. The molecule has 3 heteroatoms. The van der Waals surface area contributed by atoms with Gasteiger partial charge in [-0.15, -0.1) is 0 Å². The third-order valence-corrected chi connectivity index (χ3v) is 2.12. The molecule has 3 nitrogen and oxygen atoms in total. The minimum Gasteiger partial charge on any atom is -0.370 e. The molecular formula is C6H9NO2. The van der Waals surface area contributed by atoms with Crippen molar-refractivity contribution in [2.45, 2.75) is 25.0 Å². The number of hydrogen-bond acceptors (Lipinski definition) is 2. The number of fused-ring (bicyclic) bond motifs is 1. The zero-order valence-corrected chi connectivity index (χ0v) is 5.04. The Morgan fingerprint density at radius 1 is 1.44 bits per heavy atom. The molecule has 2 rings (SSSR count). The molecule has 1 heterocycles. The molecule has 2 fully saturated rings. The van der Waals surface area contributed by atoms with Crippen LogP contribution in [-0.4, -0.2) is 18.1 Å². The van der Waals surface area contributed by atoms with Crippen molar-refractivity contribution in [3.8, 4) is 0 Å². The van der Waals surface area contributed by atoms with E-state index in [0.29, 0.717) is 12.2 Å². The number of carbonyl (C=O) groups is 1. The van der Waals surface area contributed by atoms with Crippen molar-refractivity contribution in [1.29, 1.82) is 0 Å². The van der Waals surface area contributed by atoms with Gasteiger partial charge in [0, 0.05) is 5.92 Å². The molecule has 50 valence electrons. The zero-order valence-electron chi connectivity index (χ0n) is 5.04. The number of hydrogen-bond donors (Lipinski definition) is 1. The lowest BCUT2D eigenvalue weighted by atomic mass is 10.1. The summed E-state index contributed by atoms with van der Waals surface area (Å²) in [6.45, 7) is 0. The highest BCUT2D eigenvalue weighted by atomic mass is 16.6. The molecule has 2 atom stereocenters. The van der Waals surface area contributed by atoms with E-state index >= 15 is 0 Å². The Bertz CT molecular complexity index is 147. The monoisotopic (exact) mass is 127 g/mol. The SMILES string of the molecule is NC(=O)C1CC2OC2C1. The first-order valence-corrected chi connectivity index (χ1v) is 3.22. The molecule has 1 aliphatic heterocycles. The lowest BCUT2D eigenvalue weighted by molar-refractivity contribution is -0.122. The summed E-state index contributed by atoms with van der Waals surface area (Å²) in [5.41, 5.74) is 5.09. The van der Waals surface area contributed by atoms with Crippen LogP contribution < -0.4 is 5.73 Å². The van der Waals surface area contributed by atoms with Crippen LogP contribution in [0.25, 0.3) is 0 Å². The van der Waals surface area contributed by atoms with E-state index in [1.54, 1.807) is 0 Å². The molecule has 0 aromatic heterocycles. The van der Waals surface area contributed by atoms with E-state index in [2.05, 4.69) is 0 Å². The normalized spacial score (nSPS) is 46.4. The van der Waals surface area contributed by atoms with Gasteiger partial charge in [0.15, 0.2) is 0 Å². The lowest BCUT2D eigenvalue weighted by Gasteiger charge is -2.03. The Morgan fingerprint density at radius 2 is 2.00 bits per heavy atom. The molecule has 1 amide bonds. The van der Waals surface area contributed by atoms with E-state index in [9.17, 15) is 4.79 Å². The molecule has 0 spiro atoms. The molecule has 0 radical (unpaired) electrons. The summed E-state index contributed by atoms with van der Waals surface area (Å²) in [5, 5.41) is 0. The van der Waals surface area contributed by atoms with Gasteiger partial charge in [-0.25, -0.2) is 0 Å². The van der Waals surface area contributed by atoms with Crippen molar-refractivity contribution in [3.05, 3.63) is 0 Å². The van der Waals surface area contributed by atoms with Crippen molar-refractivity contribution < 1.29 is 9.53 Å². The van der Waals surface area contributed by atoms with E-state index in [1.165, 1.54) is 0 Å². The van der Waals surface area contributed by atoms with Crippen LogP contribution in [-0.2, 0) is 9.53 Å². The van der Waals surface area contributed by atoms with E-state index < -0.39 is 0 Å². The van der Waals surface area contributed by atoms with Crippen LogP contribution >= 0.6 is 0 Å². The number of epoxide rings is 1. The summed E-state index contributed by atoms with van der Waals surface area (Å²) >= 11 is 0. The molecule has 9 heavy (non-hydrogen) atoms.